The number of aromatic nitrogens is 3. The largest absolute Gasteiger partial charge is 0.313 e. The van der Waals surface area contributed by atoms with Crippen molar-refractivity contribution in [1.82, 2.24) is 20.1 Å². The predicted octanol–water partition coefficient (Wildman–Crippen LogP) is 2.90. The third kappa shape index (κ3) is 3.11. The van der Waals surface area contributed by atoms with Gasteiger partial charge >= 0.3 is 0 Å². The van der Waals surface area contributed by atoms with E-state index in [1.54, 1.807) is 0 Å². The van der Waals surface area contributed by atoms with Crippen molar-refractivity contribution in [2.24, 2.45) is 0 Å². The Hall–Kier alpha value is -2.20. The van der Waals surface area contributed by atoms with Gasteiger partial charge in [0.25, 0.3) is 0 Å². The first-order valence-electron chi connectivity index (χ1n) is 7.33. The van der Waals surface area contributed by atoms with E-state index in [1.165, 1.54) is 16.7 Å². The highest BCUT2D eigenvalue weighted by Crippen LogP contribution is 2.15. The molecule has 108 valence electrons. The molecule has 0 amide bonds. The number of benzene rings is 1. The molecule has 0 fully saturated rings. The number of hydrogen-bond donors (Lipinski definition) is 1. The van der Waals surface area contributed by atoms with Gasteiger partial charge in [-0.1, -0.05) is 36.8 Å². The van der Waals surface area contributed by atoms with E-state index in [4.69, 9.17) is 0 Å². The molecule has 0 radical (unpaired) electrons. The van der Waals surface area contributed by atoms with Crippen molar-refractivity contribution < 1.29 is 0 Å². The zero-order valence-electron chi connectivity index (χ0n) is 12.5. The number of aryl methyl sites for hydroxylation is 1. The maximum Gasteiger partial charge on any atom is 0.158 e. The summed E-state index contributed by atoms with van der Waals surface area (Å²) in [5.74, 6) is 0. The number of nitrogens with one attached hydrogen (secondary N) is 1. The van der Waals surface area contributed by atoms with Crippen molar-refractivity contribution >= 4 is 11.0 Å². The van der Waals surface area contributed by atoms with Crippen LogP contribution in [0.3, 0.4) is 0 Å². The summed E-state index contributed by atoms with van der Waals surface area (Å²) in [4.78, 5) is 4.57. The Morgan fingerprint density at radius 1 is 1.10 bits per heavy atom. The van der Waals surface area contributed by atoms with Crippen LogP contribution >= 0.6 is 0 Å². The van der Waals surface area contributed by atoms with Crippen LogP contribution in [-0.2, 0) is 13.1 Å². The van der Waals surface area contributed by atoms with E-state index in [1.807, 2.05) is 17.1 Å². The molecule has 0 aliphatic heterocycles. The molecule has 2 aromatic heterocycles. The normalized spacial score (nSPS) is 11.1. The van der Waals surface area contributed by atoms with Gasteiger partial charge in [0.2, 0.25) is 0 Å². The fourth-order valence-corrected chi connectivity index (χ4v) is 2.37. The average molecular weight is 280 g/mol. The molecule has 0 bridgehead atoms. The Bertz CT molecular complexity index is 728. The predicted molar refractivity (Wildman–Crippen MR) is 85.2 cm³/mol. The molecule has 4 heteroatoms. The van der Waals surface area contributed by atoms with Crippen LogP contribution in [0, 0.1) is 6.92 Å². The highest BCUT2D eigenvalue weighted by molar-refractivity contribution is 5.75. The third-order valence-corrected chi connectivity index (χ3v) is 3.56. The zero-order chi connectivity index (χ0) is 14.7. The molecule has 21 heavy (non-hydrogen) atoms. The molecule has 1 aromatic carbocycles. The Morgan fingerprint density at radius 2 is 1.90 bits per heavy atom. The van der Waals surface area contributed by atoms with Crippen molar-refractivity contribution in [2.45, 2.75) is 26.9 Å². The van der Waals surface area contributed by atoms with Gasteiger partial charge in [-0.25, -0.2) is 9.67 Å². The monoisotopic (exact) mass is 280 g/mol. The van der Waals surface area contributed by atoms with E-state index in [0.29, 0.717) is 0 Å². The molecule has 0 saturated carbocycles. The second-order valence-corrected chi connectivity index (χ2v) is 5.32. The van der Waals surface area contributed by atoms with Crippen LogP contribution in [0.15, 0.2) is 42.7 Å². The van der Waals surface area contributed by atoms with Crippen LogP contribution in [0.2, 0.25) is 0 Å². The van der Waals surface area contributed by atoms with Gasteiger partial charge in [0.05, 0.1) is 12.7 Å². The van der Waals surface area contributed by atoms with E-state index in [2.05, 4.69) is 59.6 Å². The lowest BCUT2D eigenvalue weighted by Gasteiger charge is -2.05. The van der Waals surface area contributed by atoms with Gasteiger partial charge in [-0.3, -0.25) is 0 Å². The summed E-state index contributed by atoms with van der Waals surface area (Å²) < 4.78 is 1.96. The Morgan fingerprint density at radius 3 is 2.67 bits per heavy atom. The molecular formula is C17H20N4. The van der Waals surface area contributed by atoms with Gasteiger partial charge in [-0.2, -0.15) is 5.10 Å². The van der Waals surface area contributed by atoms with E-state index in [9.17, 15) is 0 Å². The van der Waals surface area contributed by atoms with Gasteiger partial charge in [-0.05, 0) is 30.7 Å². The van der Waals surface area contributed by atoms with Crippen LogP contribution in [0.1, 0.15) is 23.6 Å². The summed E-state index contributed by atoms with van der Waals surface area (Å²) in [6.45, 7) is 6.77. The first-order valence-corrected chi connectivity index (χ1v) is 7.33. The number of rotatable bonds is 5. The van der Waals surface area contributed by atoms with Gasteiger partial charge < -0.3 is 5.32 Å². The van der Waals surface area contributed by atoms with E-state index < -0.39 is 0 Å². The molecule has 0 spiro atoms. The van der Waals surface area contributed by atoms with Crippen molar-refractivity contribution in [1.29, 1.82) is 0 Å². The molecule has 0 aliphatic rings. The van der Waals surface area contributed by atoms with Crippen molar-refractivity contribution in [2.75, 3.05) is 6.54 Å². The van der Waals surface area contributed by atoms with Gasteiger partial charge in [0.15, 0.2) is 5.65 Å². The van der Waals surface area contributed by atoms with Gasteiger partial charge in [0.1, 0.15) is 0 Å². The van der Waals surface area contributed by atoms with Crippen LogP contribution < -0.4 is 5.32 Å². The van der Waals surface area contributed by atoms with Crippen molar-refractivity contribution in [3.8, 4) is 0 Å². The van der Waals surface area contributed by atoms with Crippen molar-refractivity contribution in [3.63, 3.8) is 0 Å². The van der Waals surface area contributed by atoms with Crippen LogP contribution in [0.25, 0.3) is 11.0 Å². The minimum absolute atomic E-state index is 0.753. The molecule has 4 nitrogen and oxygen atoms in total. The molecule has 3 rings (SSSR count). The molecule has 0 atom stereocenters. The Labute approximate surface area is 124 Å². The average Bonchev–Trinajstić information content (AvgIpc) is 2.90. The molecule has 0 aliphatic carbocycles. The molecule has 3 aromatic rings. The summed E-state index contributed by atoms with van der Waals surface area (Å²) in [5, 5.41) is 8.88. The van der Waals surface area contributed by atoms with E-state index in [-0.39, 0.29) is 0 Å². The van der Waals surface area contributed by atoms with E-state index >= 15 is 0 Å². The third-order valence-electron chi connectivity index (χ3n) is 3.56. The molecule has 1 N–H and O–H groups in total. The topological polar surface area (TPSA) is 42.7 Å². The Kier molecular flexibility index (Phi) is 3.97. The maximum atomic E-state index is 4.57. The molecule has 0 unspecified atom stereocenters. The number of hydrogen-bond acceptors (Lipinski definition) is 3. The van der Waals surface area contributed by atoms with Gasteiger partial charge in [0, 0.05) is 18.1 Å². The molecular weight excluding hydrogens is 260 g/mol. The standard InChI is InChI=1S/C17H20N4/c1-3-18-9-15-8-16-11-20-21(17(16)19-10-15)12-14-6-4-13(2)5-7-14/h4-8,10-11,18H,3,9,12H2,1-2H3. The Balaban J connectivity index is 1.84. The second-order valence-electron chi connectivity index (χ2n) is 5.32. The van der Waals surface area contributed by atoms with Crippen LogP contribution in [0.4, 0.5) is 0 Å². The second kappa shape index (κ2) is 6.06. The lowest BCUT2D eigenvalue weighted by atomic mass is 10.1. The summed E-state index contributed by atoms with van der Waals surface area (Å²) in [7, 11) is 0. The summed E-state index contributed by atoms with van der Waals surface area (Å²) in [5.41, 5.74) is 4.65. The quantitative estimate of drug-likeness (QED) is 0.781. The number of fused-ring (bicyclic) bond motifs is 1. The smallest absolute Gasteiger partial charge is 0.158 e. The van der Waals surface area contributed by atoms with Crippen molar-refractivity contribution in [3.05, 3.63) is 59.4 Å². The highest BCUT2D eigenvalue weighted by atomic mass is 15.3. The number of nitrogens with zero attached hydrogens (tertiary/aromatic N) is 3. The molecule has 0 saturated heterocycles. The van der Waals surface area contributed by atoms with Crippen LogP contribution in [0.5, 0.6) is 0 Å². The van der Waals surface area contributed by atoms with Crippen LogP contribution in [-0.4, -0.2) is 21.3 Å². The summed E-state index contributed by atoms with van der Waals surface area (Å²) >= 11 is 0. The van der Waals surface area contributed by atoms with E-state index in [0.717, 1.165) is 30.7 Å². The SMILES string of the molecule is CCNCc1cnc2c(cnn2Cc2ccc(C)cc2)c1. The lowest BCUT2D eigenvalue weighted by Crippen LogP contribution is -2.11. The summed E-state index contributed by atoms with van der Waals surface area (Å²) in [6.07, 6.45) is 3.82. The minimum Gasteiger partial charge on any atom is -0.313 e. The summed E-state index contributed by atoms with van der Waals surface area (Å²) in [6, 6.07) is 10.7. The minimum atomic E-state index is 0.753. The number of pyridine rings is 1. The molecule has 2 heterocycles. The first-order chi connectivity index (χ1) is 10.3. The fourth-order valence-electron chi connectivity index (χ4n) is 2.37. The lowest BCUT2D eigenvalue weighted by molar-refractivity contribution is 0.702. The highest BCUT2D eigenvalue weighted by Gasteiger charge is 2.06. The maximum absolute atomic E-state index is 4.57. The van der Waals surface area contributed by atoms with Gasteiger partial charge in [-0.15, -0.1) is 0 Å². The zero-order valence-corrected chi connectivity index (χ0v) is 12.5. The fraction of sp³-hybridized carbons (Fsp3) is 0.294. The first kappa shape index (κ1) is 13.8.